The van der Waals surface area contributed by atoms with Gasteiger partial charge in [-0.05, 0) is 25.7 Å². The highest BCUT2D eigenvalue weighted by molar-refractivity contribution is 5.76. The first-order chi connectivity index (χ1) is 12.7. The second-order valence-electron chi connectivity index (χ2n) is 6.53. The number of benzene rings is 1. The fourth-order valence-corrected chi connectivity index (χ4v) is 3.46. The van der Waals surface area contributed by atoms with Gasteiger partial charge < -0.3 is 9.88 Å². The maximum absolute atomic E-state index is 12.8. The van der Waals surface area contributed by atoms with Gasteiger partial charge in [0.2, 0.25) is 11.7 Å². The van der Waals surface area contributed by atoms with Crippen LogP contribution in [0.15, 0.2) is 35.1 Å². The molecule has 1 N–H and O–H groups in total. The molecule has 4 rings (SSSR count). The Labute approximate surface area is 150 Å². The predicted molar refractivity (Wildman–Crippen MR) is 98.0 cm³/mol. The fraction of sp³-hybridized carbons (Fsp3) is 0.368. The van der Waals surface area contributed by atoms with E-state index in [2.05, 4.69) is 15.4 Å². The fourth-order valence-electron chi connectivity index (χ4n) is 3.46. The lowest BCUT2D eigenvalue weighted by Crippen LogP contribution is -2.32. The standard InChI is InChI=1S/C19H21N5O2/c1-2-11-20-16(25)12-23-15-10-6-9-14(15)18(26)24-19(23)21-17(22-24)13-7-4-3-5-8-13/h3-5,7-8H,2,6,9-12H2,1H3,(H,20,25). The summed E-state index contributed by atoms with van der Waals surface area (Å²) in [5.74, 6) is 0.853. The van der Waals surface area contributed by atoms with Crippen LogP contribution in [0.4, 0.5) is 0 Å². The van der Waals surface area contributed by atoms with E-state index in [1.54, 1.807) is 0 Å². The Morgan fingerprint density at radius 2 is 2.04 bits per heavy atom. The SMILES string of the molecule is CCCNC(=O)Cn1c2c(c(=O)n3nc(-c4ccccc4)nc13)CCC2. The van der Waals surface area contributed by atoms with E-state index in [1.165, 1.54) is 4.52 Å². The lowest BCUT2D eigenvalue weighted by Gasteiger charge is -2.13. The van der Waals surface area contributed by atoms with Gasteiger partial charge in [0, 0.05) is 23.4 Å². The van der Waals surface area contributed by atoms with E-state index in [0.717, 1.165) is 42.5 Å². The maximum Gasteiger partial charge on any atom is 0.279 e. The molecule has 1 aromatic carbocycles. The van der Waals surface area contributed by atoms with E-state index in [1.807, 2.05) is 41.8 Å². The minimum absolute atomic E-state index is 0.0734. The molecule has 2 aromatic heterocycles. The summed E-state index contributed by atoms with van der Waals surface area (Å²) in [5.41, 5.74) is 2.40. The van der Waals surface area contributed by atoms with E-state index < -0.39 is 0 Å². The van der Waals surface area contributed by atoms with Crippen molar-refractivity contribution in [3.63, 3.8) is 0 Å². The van der Waals surface area contributed by atoms with Crippen LogP contribution in [0.3, 0.4) is 0 Å². The van der Waals surface area contributed by atoms with Crippen LogP contribution in [0.25, 0.3) is 17.2 Å². The number of carbonyl (C=O) groups excluding carboxylic acids is 1. The average Bonchev–Trinajstić information content (AvgIpc) is 3.32. The molecule has 0 unspecified atom stereocenters. The molecular weight excluding hydrogens is 330 g/mol. The Bertz CT molecular complexity index is 1020. The van der Waals surface area contributed by atoms with Crippen LogP contribution < -0.4 is 10.9 Å². The lowest BCUT2D eigenvalue weighted by atomic mass is 10.2. The van der Waals surface area contributed by atoms with E-state index in [0.29, 0.717) is 18.1 Å². The van der Waals surface area contributed by atoms with Crippen molar-refractivity contribution in [2.75, 3.05) is 6.54 Å². The number of hydrogen-bond donors (Lipinski definition) is 1. The molecule has 7 nitrogen and oxygen atoms in total. The Morgan fingerprint density at radius 1 is 1.23 bits per heavy atom. The number of amides is 1. The van der Waals surface area contributed by atoms with E-state index >= 15 is 0 Å². The zero-order valence-electron chi connectivity index (χ0n) is 14.7. The molecule has 3 aromatic rings. The van der Waals surface area contributed by atoms with Crippen molar-refractivity contribution in [3.8, 4) is 11.4 Å². The molecule has 0 atom stereocenters. The van der Waals surface area contributed by atoms with Gasteiger partial charge in [-0.2, -0.15) is 9.50 Å². The van der Waals surface area contributed by atoms with Crippen LogP contribution >= 0.6 is 0 Å². The first-order valence-corrected chi connectivity index (χ1v) is 9.02. The zero-order valence-corrected chi connectivity index (χ0v) is 14.7. The van der Waals surface area contributed by atoms with Crippen LogP contribution in [0, 0.1) is 0 Å². The Morgan fingerprint density at radius 3 is 2.81 bits per heavy atom. The van der Waals surface area contributed by atoms with E-state index in [9.17, 15) is 9.59 Å². The van der Waals surface area contributed by atoms with Crippen molar-refractivity contribution < 1.29 is 4.79 Å². The summed E-state index contributed by atoms with van der Waals surface area (Å²) >= 11 is 0. The molecule has 1 aliphatic rings. The third kappa shape index (κ3) is 2.79. The Balaban J connectivity index is 1.86. The molecule has 134 valence electrons. The van der Waals surface area contributed by atoms with Gasteiger partial charge in [-0.3, -0.25) is 9.59 Å². The predicted octanol–water partition coefficient (Wildman–Crippen LogP) is 1.57. The number of nitrogens with zero attached hydrogens (tertiary/aromatic N) is 4. The molecule has 26 heavy (non-hydrogen) atoms. The molecular formula is C19H21N5O2. The number of hydrogen-bond acceptors (Lipinski definition) is 4. The van der Waals surface area contributed by atoms with Crippen molar-refractivity contribution in [2.24, 2.45) is 0 Å². The highest BCUT2D eigenvalue weighted by Gasteiger charge is 2.24. The second-order valence-corrected chi connectivity index (χ2v) is 6.53. The van der Waals surface area contributed by atoms with Crippen LogP contribution in [0.2, 0.25) is 0 Å². The minimum Gasteiger partial charge on any atom is -0.355 e. The summed E-state index contributed by atoms with van der Waals surface area (Å²) in [6, 6.07) is 9.55. The van der Waals surface area contributed by atoms with Crippen molar-refractivity contribution in [3.05, 3.63) is 51.9 Å². The van der Waals surface area contributed by atoms with Gasteiger partial charge in [-0.1, -0.05) is 37.3 Å². The largest absolute Gasteiger partial charge is 0.355 e. The summed E-state index contributed by atoms with van der Waals surface area (Å²) in [5, 5.41) is 7.33. The molecule has 0 radical (unpaired) electrons. The van der Waals surface area contributed by atoms with Gasteiger partial charge in [0.1, 0.15) is 6.54 Å². The number of rotatable bonds is 5. The molecule has 2 heterocycles. The molecule has 0 saturated carbocycles. The van der Waals surface area contributed by atoms with Gasteiger partial charge in [-0.15, -0.1) is 5.10 Å². The van der Waals surface area contributed by atoms with Crippen molar-refractivity contribution >= 4 is 11.7 Å². The van der Waals surface area contributed by atoms with E-state index in [-0.39, 0.29) is 18.0 Å². The van der Waals surface area contributed by atoms with Crippen LogP contribution in [0.1, 0.15) is 31.0 Å². The topological polar surface area (TPSA) is 81.3 Å². The van der Waals surface area contributed by atoms with Gasteiger partial charge in [-0.25, -0.2) is 0 Å². The number of aromatic nitrogens is 4. The van der Waals surface area contributed by atoms with Gasteiger partial charge >= 0.3 is 0 Å². The number of fused-ring (bicyclic) bond motifs is 2. The molecule has 0 spiro atoms. The van der Waals surface area contributed by atoms with Gasteiger partial charge in [0.25, 0.3) is 5.56 Å². The van der Waals surface area contributed by atoms with Gasteiger partial charge in [0.05, 0.1) is 0 Å². The second kappa shape index (κ2) is 6.74. The van der Waals surface area contributed by atoms with E-state index in [4.69, 9.17) is 0 Å². The van der Waals surface area contributed by atoms with Crippen molar-refractivity contribution in [1.82, 2.24) is 24.5 Å². The molecule has 7 heteroatoms. The highest BCUT2D eigenvalue weighted by atomic mass is 16.2. The highest BCUT2D eigenvalue weighted by Crippen LogP contribution is 2.22. The Hall–Kier alpha value is -2.96. The molecule has 1 amide bonds. The summed E-state index contributed by atoms with van der Waals surface area (Å²) in [7, 11) is 0. The summed E-state index contributed by atoms with van der Waals surface area (Å²) < 4.78 is 3.20. The first kappa shape index (κ1) is 16.5. The summed E-state index contributed by atoms with van der Waals surface area (Å²) in [6.07, 6.45) is 3.31. The minimum atomic E-state index is -0.118. The quantitative estimate of drug-likeness (QED) is 0.757. The lowest BCUT2D eigenvalue weighted by molar-refractivity contribution is -0.121. The third-order valence-electron chi connectivity index (χ3n) is 4.70. The Kier molecular flexibility index (Phi) is 4.28. The summed E-state index contributed by atoms with van der Waals surface area (Å²) in [6.45, 7) is 2.80. The smallest absolute Gasteiger partial charge is 0.279 e. The molecule has 0 aliphatic heterocycles. The van der Waals surface area contributed by atoms with Crippen LogP contribution in [-0.4, -0.2) is 31.6 Å². The normalized spacial score (nSPS) is 13.1. The number of carbonyl (C=O) groups is 1. The number of nitrogens with one attached hydrogen (secondary N) is 1. The van der Waals surface area contributed by atoms with Crippen LogP contribution in [0.5, 0.6) is 0 Å². The van der Waals surface area contributed by atoms with Crippen molar-refractivity contribution in [2.45, 2.75) is 39.2 Å². The molecule has 0 saturated heterocycles. The first-order valence-electron chi connectivity index (χ1n) is 9.02. The maximum atomic E-state index is 12.8. The van der Waals surface area contributed by atoms with Crippen molar-refractivity contribution in [1.29, 1.82) is 0 Å². The van der Waals surface area contributed by atoms with Gasteiger partial charge in [0.15, 0.2) is 5.82 Å². The average molecular weight is 351 g/mol. The monoisotopic (exact) mass is 351 g/mol. The third-order valence-corrected chi connectivity index (χ3v) is 4.70. The molecule has 0 fully saturated rings. The zero-order chi connectivity index (χ0) is 18.1. The molecule has 0 bridgehead atoms. The van der Waals surface area contributed by atoms with Crippen LogP contribution in [-0.2, 0) is 24.2 Å². The molecule has 1 aliphatic carbocycles. The summed E-state index contributed by atoms with van der Waals surface area (Å²) in [4.78, 5) is 29.7.